The number of carboxylic acids is 1. The molecular weight excluding hydrogens is 400 g/mol. The molecule has 0 aliphatic carbocycles. The van der Waals surface area contributed by atoms with E-state index in [0.29, 0.717) is 19.4 Å². The Labute approximate surface area is 192 Å². The van der Waals surface area contributed by atoms with Crippen molar-refractivity contribution in [3.63, 3.8) is 0 Å². The van der Waals surface area contributed by atoms with Gasteiger partial charge >= 0.3 is 5.97 Å². The molecule has 0 unspecified atom stereocenters. The third-order valence-electron chi connectivity index (χ3n) is 5.63. The zero-order valence-electron chi connectivity index (χ0n) is 19.8. The lowest BCUT2D eigenvalue weighted by molar-refractivity contribution is -0.137. The van der Waals surface area contributed by atoms with Gasteiger partial charge in [0.15, 0.2) is 0 Å². The molecule has 2 rings (SSSR count). The Balaban J connectivity index is 2.20. The van der Waals surface area contributed by atoms with Crippen LogP contribution in [0.15, 0.2) is 42.5 Å². The van der Waals surface area contributed by atoms with Crippen LogP contribution in [-0.4, -0.2) is 35.5 Å². The van der Waals surface area contributed by atoms with E-state index < -0.39 is 5.97 Å². The van der Waals surface area contributed by atoms with E-state index in [2.05, 4.69) is 49.5 Å². The first-order valence-corrected chi connectivity index (χ1v) is 11.9. The molecule has 0 saturated carbocycles. The number of rotatable bonds is 14. The average molecular weight is 439 g/mol. The Morgan fingerprint density at radius 3 is 2.44 bits per heavy atom. The minimum Gasteiger partial charge on any atom is -0.481 e. The van der Waals surface area contributed by atoms with Gasteiger partial charge < -0.3 is 15.3 Å². The molecule has 0 aliphatic heterocycles. The maximum absolute atomic E-state index is 12.4. The van der Waals surface area contributed by atoms with Crippen LogP contribution >= 0.6 is 0 Å². The quantitative estimate of drug-likeness (QED) is 0.349. The van der Waals surface area contributed by atoms with Crippen molar-refractivity contribution in [1.82, 2.24) is 4.90 Å². The number of nitrogens with one attached hydrogen (secondary N) is 1. The Kier molecular flexibility index (Phi) is 10.8. The van der Waals surface area contributed by atoms with Gasteiger partial charge in [0.25, 0.3) is 0 Å². The topological polar surface area (TPSA) is 69.6 Å². The molecule has 0 saturated heterocycles. The second kappa shape index (κ2) is 13.6. The highest BCUT2D eigenvalue weighted by Crippen LogP contribution is 2.30. The van der Waals surface area contributed by atoms with Crippen LogP contribution in [0.1, 0.15) is 69.9 Å². The first kappa shape index (κ1) is 25.4. The molecule has 0 aliphatic rings. The van der Waals surface area contributed by atoms with Crippen molar-refractivity contribution >= 4 is 17.6 Å². The molecule has 5 heteroatoms. The lowest BCUT2D eigenvalue weighted by Gasteiger charge is -2.19. The van der Waals surface area contributed by atoms with Gasteiger partial charge in [0.2, 0.25) is 5.91 Å². The van der Waals surface area contributed by atoms with Crippen molar-refractivity contribution in [2.45, 2.75) is 71.8 Å². The third-order valence-corrected chi connectivity index (χ3v) is 5.63. The van der Waals surface area contributed by atoms with Crippen molar-refractivity contribution < 1.29 is 14.7 Å². The summed E-state index contributed by atoms with van der Waals surface area (Å²) in [7, 11) is 1.87. The second-order valence-electron chi connectivity index (χ2n) is 8.46. The van der Waals surface area contributed by atoms with Gasteiger partial charge in [-0.15, -0.1) is 0 Å². The second-order valence-corrected chi connectivity index (χ2v) is 8.46. The fraction of sp³-hybridized carbons (Fsp3) is 0.481. The van der Waals surface area contributed by atoms with Crippen molar-refractivity contribution in [2.24, 2.45) is 0 Å². The minimum absolute atomic E-state index is 0.127. The Hall–Kier alpha value is -2.82. The van der Waals surface area contributed by atoms with E-state index >= 15 is 0 Å². The first-order chi connectivity index (χ1) is 15.4. The maximum atomic E-state index is 12.4. The molecule has 1 amide bonds. The highest BCUT2D eigenvalue weighted by molar-refractivity contribution is 5.79. The van der Waals surface area contributed by atoms with Crippen molar-refractivity contribution in [3.05, 3.63) is 53.6 Å². The molecule has 174 valence electrons. The normalized spacial score (nSPS) is 10.7. The molecule has 0 aromatic heterocycles. The zero-order valence-corrected chi connectivity index (χ0v) is 19.8. The summed E-state index contributed by atoms with van der Waals surface area (Å²) >= 11 is 0. The Morgan fingerprint density at radius 1 is 0.938 bits per heavy atom. The number of carbonyl (C=O) groups excluding carboxylic acids is 1. The van der Waals surface area contributed by atoms with Crippen molar-refractivity contribution in [1.29, 1.82) is 0 Å². The molecule has 0 heterocycles. The van der Waals surface area contributed by atoms with Crippen LogP contribution < -0.4 is 5.32 Å². The van der Waals surface area contributed by atoms with Gasteiger partial charge in [-0.2, -0.15) is 0 Å². The lowest BCUT2D eigenvalue weighted by Crippen LogP contribution is -2.25. The minimum atomic E-state index is -0.782. The van der Waals surface area contributed by atoms with Gasteiger partial charge in [-0.05, 0) is 48.1 Å². The molecular formula is C27H38N2O3. The zero-order chi connectivity index (χ0) is 23.3. The summed E-state index contributed by atoms with van der Waals surface area (Å²) in [6.45, 7) is 5.77. The number of unbranched alkanes of at least 4 members (excludes halogenated alkanes) is 3. The largest absolute Gasteiger partial charge is 0.481 e. The van der Waals surface area contributed by atoms with Gasteiger partial charge in [0.05, 0.1) is 0 Å². The molecule has 5 nitrogen and oxygen atoms in total. The fourth-order valence-corrected chi connectivity index (χ4v) is 3.71. The first-order valence-electron chi connectivity index (χ1n) is 11.9. The van der Waals surface area contributed by atoms with E-state index in [9.17, 15) is 9.59 Å². The fourth-order valence-electron chi connectivity index (χ4n) is 3.71. The summed E-state index contributed by atoms with van der Waals surface area (Å²) in [5, 5.41) is 12.5. The van der Waals surface area contributed by atoms with Crippen LogP contribution in [0.3, 0.4) is 0 Å². The van der Waals surface area contributed by atoms with Gasteiger partial charge in [0.1, 0.15) is 0 Å². The van der Waals surface area contributed by atoms with Crippen molar-refractivity contribution in [2.75, 3.05) is 18.9 Å². The van der Waals surface area contributed by atoms with E-state index in [4.69, 9.17) is 5.11 Å². The third kappa shape index (κ3) is 8.37. The summed E-state index contributed by atoms with van der Waals surface area (Å²) < 4.78 is 0. The summed E-state index contributed by atoms with van der Waals surface area (Å²) in [6.07, 6.45) is 6.58. The SMILES string of the molecule is CCCCCC(=O)N(C)Cc1cccc(-c2ccc(CCC(=O)O)cc2NCCCC)c1. The number of nitrogens with zero attached hydrogens (tertiary/aromatic N) is 1. The molecule has 32 heavy (non-hydrogen) atoms. The Bertz CT molecular complexity index is 879. The summed E-state index contributed by atoms with van der Waals surface area (Å²) in [5.41, 5.74) is 5.34. The molecule has 0 atom stereocenters. The van der Waals surface area contributed by atoms with E-state index in [1.54, 1.807) is 0 Å². The summed E-state index contributed by atoms with van der Waals surface area (Å²) in [6, 6.07) is 14.5. The highest BCUT2D eigenvalue weighted by Gasteiger charge is 2.12. The van der Waals surface area contributed by atoms with E-state index in [1.165, 1.54) is 0 Å². The van der Waals surface area contributed by atoms with Crippen LogP contribution in [-0.2, 0) is 22.6 Å². The van der Waals surface area contributed by atoms with Crippen LogP contribution in [0.4, 0.5) is 5.69 Å². The van der Waals surface area contributed by atoms with E-state index in [0.717, 1.165) is 66.6 Å². The number of aliphatic carboxylic acids is 1. The number of benzene rings is 2. The number of amides is 1. The van der Waals surface area contributed by atoms with Gasteiger partial charge in [-0.1, -0.05) is 63.4 Å². The molecule has 2 N–H and O–H groups in total. The van der Waals surface area contributed by atoms with Crippen LogP contribution in [0, 0.1) is 0 Å². The predicted octanol–water partition coefficient (Wildman–Crippen LogP) is 6.12. The number of aryl methyl sites for hydroxylation is 1. The number of carboxylic acid groups (broad SMARTS) is 1. The van der Waals surface area contributed by atoms with Gasteiger partial charge in [-0.25, -0.2) is 0 Å². The van der Waals surface area contributed by atoms with E-state index in [1.807, 2.05) is 24.1 Å². The highest BCUT2D eigenvalue weighted by atomic mass is 16.4. The van der Waals surface area contributed by atoms with Gasteiger partial charge in [-0.3, -0.25) is 9.59 Å². The number of hydrogen-bond donors (Lipinski definition) is 2. The summed E-state index contributed by atoms with van der Waals surface area (Å²) in [5.74, 6) is -0.593. The van der Waals surface area contributed by atoms with Gasteiger partial charge in [0, 0.05) is 44.2 Å². The predicted molar refractivity (Wildman–Crippen MR) is 132 cm³/mol. The molecule has 2 aromatic carbocycles. The molecule has 0 radical (unpaired) electrons. The Morgan fingerprint density at radius 2 is 1.72 bits per heavy atom. The number of carbonyl (C=O) groups is 2. The average Bonchev–Trinajstić information content (AvgIpc) is 2.78. The maximum Gasteiger partial charge on any atom is 0.303 e. The van der Waals surface area contributed by atoms with Crippen LogP contribution in [0.5, 0.6) is 0 Å². The van der Waals surface area contributed by atoms with Crippen LogP contribution in [0.25, 0.3) is 11.1 Å². The number of hydrogen-bond acceptors (Lipinski definition) is 3. The monoisotopic (exact) mass is 438 g/mol. The van der Waals surface area contributed by atoms with E-state index in [-0.39, 0.29) is 12.3 Å². The molecule has 0 bridgehead atoms. The molecule has 0 fully saturated rings. The molecule has 2 aromatic rings. The standard InChI is InChI=1S/C27H38N2O3/c1-4-6-8-12-26(30)29(3)20-22-10-9-11-23(18-22)24-15-13-21(14-16-27(31)32)19-25(24)28-17-7-5-2/h9-11,13,15,18-19,28H,4-8,12,14,16-17,20H2,1-3H3,(H,31,32). The van der Waals surface area contributed by atoms with Crippen molar-refractivity contribution in [3.8, 4) is 11.1 Å². The van der Waals surface area contributed by atoms with Crippen LogP contribution in [0.2, 0.25) is 0 Å². The summed E-state index contributed by atoms with van der Waals surface area (Å²) in [4.78, 5) is 25.2. The smallest absolute Gasteiger partial charge is 0.303 e. The molecule has 0 spiro atoms. The number of anilines is 1. The lowest BCUT2D eigenvalue weighted by atomic mass is 9.98.